The molecule has 22 heavy (non-hydrogen) atoms. The van der Waals surface area contributed by atoms with Gasteiger partial charge >= 0.3 is 5.97 Å². The molecule has 0 aromatic heterocycles. The van der Waals surface area contributed by atoms with Crippen molar-refractivity contribution < 1.29 is 19.1 Å². The van der Waals surface area contributed by atoms with E-state index in [0.29, 0.717) is 17.0 Å². The lowest BCUT2D eigenvalue weighted by molar-refractivity contribution is -0.118. The van der Waals surface area contributed by atoms with Gasteiger partial charge in [-0.1, -0.05) is 24.3 Å². The minimum Gasteiger partial charge on any atom is -0.483 e. The number of para-hydroxylation sites is 1. The maximum Gasteiger partial charge on any atom is 0.337 e. The molecule has 0 aliphatic carbocycles. The summed E-state index contributed by atoms with van der Waals surface area (Å²) >= 11 is 0. The van der Waals surface area contributed by atoms with Gasteiger partial charge in [-0.3, -0.25) is 4.79 Å². The first-order valence-corrected chi connectivity index (χ1v) is 6.77. The molecule has 1 amide bonds. The van der Waals surface area contributed by atoms with E-state index >= 15 is 0 Å². The van der Waals surface area contributed by atoms with Gasteiger partial charge in [0.1, 0.15) is 5.75 Å². The average Bonchev–Trinajstić information content (AvgIpc) is 2.53. The third kappa shape index (κ3) is 4.09. The molecular formula is C17H17NO4. The van der Waals surface area contributed by atoms with Crippen LogP contribution in [-0.4, -0.2) is 25.6 Å². The van der Waals surface area contributed by atoms with Crippen molar-refractivity contribution in [3.8, 4) is 5.75 Å². The molecule has 2 aromatic carbocycles. The first kappa shape index (κ1) is 15.6. The summed E-state index contributed by atoms with van der Waals surface area (Å²) in [6.07, 6.45) is 0. The number of carbonyl (C=O) groups excluding carboxylic acids is 2. The lowest BCUT2D eigenvalue weighted by Crippen LogP contribution is -2.20. The number of ether oxygens (including phenoxy) is 2. The molecule has 0 unspecified atom stereocenters. The van der Waals surface area contributed by atoms with Crippen molar-refractivity contribution in [2.24, 2.45) is 0 Å². The number of amides is 1. The molecule has 0 fully saturated rings. The highest BCUT2D eigenvalue weighted by Gasteiger charge is 2.08. The van der Waals surface area contributed by atoms with Crippen LogP contribution in [0.25, 0.3) is 0 Å². The molecule has 5 nitrogen and oxygen atoms in total. The van der Waals surface area contributed by atoms with Crippen molar-refractivity contribution in [1.29, 1.82) is 0 Å². The van der Waals surface area contributed by atoms with Crippen molar-refractivity contribution in [1.82, 2.24) is 0 Å². The van der Waals surface area contributed by atoms with Crippen LogP contribution in [0.15, 0.2) is 48.5 Å². The number of rotatable bonds is 5. The minimum atomic E-state index is -0.452. The van der Waals surface area contributed by atoms with E-state index < -0.39 is 5.97 Å². The van der Waals surface area contributed by atoms with Gasteiger partial charge in [0.15, 0.2) is 6.61 Å². The smallest absolute Gasteiger partial charge is 0.337 e. The number of nitrogens with one attached hydrogen (secondary N) is 1. The predicted octanol–water partition coefficient (Wildman–Crippen LogP) is 2.80. The van der Waals surface area contributed by atoms with Gasteiger partial charge in [0.25, 0.3) is 5.91 Å². The Hall–Kier alpha value is -2.82. The van der Waals surface area contributed by atoms with E-state index in [0.717, 1.165) is 5.56 Å². The average molecular weight is 299 g/mol. The van der Waals surface area contributed by atoms with E-state index in [-0.39, 0.29) is 12.5 Å². The molecule has 0 saturated heterocycles. The summed E-state index contributed by atoms with van der Waals surface area (Å²) in [5.74, 6) is -0.0847. The Labute approximate surface area is 128 Å². The molecule has 5 heteroatoms. The highest BCUT2D eigenvalue weighted by atomic mass is 16.5. The van der Waals surface area contributed by atoms with Crippen LogP contribution in [0.2, 0.25) is 0 Å². The van der Waals surface area contributed by atoms with Crippen LogP contribution in [-0.2, 0) is 9.53 Å². The van der Waals surface area contributed by atoms with Crippen LogP contribution < -0.4 is 10.1 Å². The lowest BCUT2D eigenvalue weighted by Gasteiger charge is -2.10. The highest BCUT2D eigenvalue weighted by molar-refractivity contribution is 5.95. The van der Waals surface area contributed by atoms with Gasteiger partial charge in [0.05, 0.1) is 12.7 Å². The molecule has 0 aliphatic rings. The van der Waals surface area contributed by atoms with Crippen molar-refractivity contribution >= 4 is 17.6 Å². The van der Waals surface area contributed by atoms with Crippen LogP contribution in [0.4, 0.5) is 5.69 Å². The van der Waals surface area contributed by atoms with Gasteiger partial charge in [0, 0.05) is 5.69 Å². The summed E-state index contributed by atoms with van der Waals surface area (Å²) in [6.45, 7) is 1.81. The number of esters is 1. The summed E-state index contributed by atoms with van der Waals surface area (Å²) < 4.78 is 10.1. The van der Waals surface area contributed by atoms with Crippen LogP contribution in [0.1, 0.15) is 15.9 Å². The van der Waals surface area contributed by atoms with Crippen molar-refractivity contribution in [2.45, 2.75) is 6.92 Å². The number of hydrogen-bond donors (Lipinski definition) is 1. The molecule has 0 atom stereocenters. The summed E-state index contributed by atoms with van der Waals surface area (Å²) in [6, 6.07) is 14.0. The number of aryl methyl sites for hydroxylation is 1. The molecular weight excluding hydrogens is 282 g/mol. The maximum atomic E-state index is 11.9. The first-order valence-electron chi connectivity index (χ1n) is 6.77. The Morgan fingerprint density at radius 1 is 1.09 bits per heavy atom. The van der Waals surface area contributed by atoms with Crippen LogP contribution >= 0.6 is 0 Å². The third-order valence-electron chi connectivity index (χ3n) is 3.02. The second-order valence-electron chi connectivity index (χ2n) is 4.67. The van der Waals surface area contributed by atoms with Gasteiger partial charge in [-0.05, 0) is 36.8 Å². The fraction of sp³-hybridized carbons (Fsp3) is 0.176. The molecule has 0 spiro atoms. The minimum absolute atomic E-state index is 0.104. The largest absolute Gasteiger partial charge is 0.483 e. The van der Waals surface area contributed by atoms with E-state index in [1.54, 1.807) is 30.3 Å². The summed E-state index contributed by atoms with van der Waals surface area (Å²) in [5, 5.41) is 2.68. The van der Waals surface area contributed by atoms with E-state index in [1.165, 1.54) is 7.11 Å². The van der Waals surface area contributed by atoms with Gasteiger partial charge in [-0.15, -0.1) is 0 Å². The first-order chi connectivity index (χ1) is 10.6. The highest BCUT2D eigenvalue weighted by Crippen LogP contribution is 2.16. The molecule has 114 valence electrons. The van der Waals surface area contributed by atoms with Crippen LogP contribution in [0.3, 0.4) is 0 Å². The predicted molar refractivity (Wildman–Crippen MR) is 83.1 cm³/mol. The Morgan fingerprint density at radius 2 is 1.86 bits per heavy atom. The van der Waals surface area contributed by atoms with Crippen molar-refractivity contribution in [3.63, 3.8) is 0 Å². The number of carbonyl (C=O) groups is 2. The molecule has 2 aromatic rings. The van der Waals surface area contributed by atoms with Gasteiger partial charge in [-0.25, -0.2) is 4.79 Å². The Morgan fingerprint density at radius 3 is 2.59 bits per heavy atom. The number of benzene rings is 2. The summed E-state index contributed by atoms with van der Waals surface area (Å²) in [5.41, 5.74) is 1.85. The molecule has 0 saturated carbocycles. The van der Waals surface area contributed by atoms with Gasteiger partial charge in [0.2, 0.25) is 0 Å². The van der Waals surface area contributed by atoms with Gasteiger partial charge < -0.3 is 14.8 Å². The maximum absolute atomic E-state index is 11.9. The second-order valence-corrected chi connectivity index (χ2v) is 4.67. The molecule has 0 aliphatic heterocycles. The van der Waals surface area contributed by atoms with E-state index in [2.05, 4.69) is 10.1 Å². The topological polar surface area (TPSA) is 64.6 Å². The van der Waals surface area contributed by atoms with Gasteiger partial charge in [-0.2, -0.15) is 0 Å². The van der Waals surface area contributed by atoms with Crippen molar-refractivity contribution in [3.05, 3.63) is 59.7 Å². The number of hydrogen-bond acceptors (Lipinski definition) is 4. The molecule has 2 rings (SSSR count). The third-order valence-corrected chi connectivity index (χ3v) is 3.02. The zero-order valence-corrected chi connectivity index (χ0v) is 12.5. The van der Waals surface area contributed by atoms with E-state index in [9.17, 15) is 9.59 Å². The number of methoxy groups -OCH3 is 1. The molecule has 1 N–H and O–H groups in total. The SMILES string of the molecule is COC(=O)c1cccc(NC(=O)COc2ccccc2C)c1. The zero-order valence-electron chi connectivity index (χ0n) is 12.5. The zero-order chi connectivity index (χ0) is 15.9. The molecule has 0 radical (unpaired) electrons. The number of anilines is 1. The summed E-state index contributed by atoms with van der Waals surface area (Å²) in [4.78, 5) is 23.3. The standard InChI is InChI=1S/C17H17NO4/c1-12-6-3-4-9-15(12)22-11-16(19)18-14-8-5-7-13(10-14)17(20)21-2/h3-10H,11H2,1-2H3,(H,18,19). The summed E-state index contributed by atoms with van der Waals surface area (Å²) in [7, 11) is 1.31. The van der Waals surface area contributed by atoms with E-state index in [1.807, 2.05) is 25.1 Å². The van der Waals surface area contributed by atoms with Crippen LogP contribution in [0.5, 0.6) is 5.75 Å². The van der Waals surface area contributed by atoms with Crippen molar-refractivity contribution in [2.75, 3.05) is 19.0 Å². The second kappa shape index (κ2) is 7.26. The monoisotopic (exact) mass is 299 g/mol. The van der Waals surface area contributed by atoms with Crippen LogP contribution in [0, 0.1) is 6.92 Å². The Balaban J connectivity index is 1.95. The van der Waals surface area contributed by atoms with E-state index in [4.69, 9.17) is 4.74 Å². The Kier molecular flexibility index (Phi) is 5.14. The lowest BCUT2D eigenvalue weighted by atomic mass is 10.2. The quantitative estimate of drug-likeness (QED) is 0.862. The fourth-order valence-corrected chi connectivity index (χ4v) is 1.90. The Bertz CT molecular complexity index is 682. The normalized spacial score (nSPS) is 9.91. The molecule has 0 heterocycles. The fourth-order valence-electron chi connectivity index (χ4n) is 1.90. The molecule has 0 bridgehead atoms.